The summed E-state index contributed by atoms with van der Waals surface area (Å²) in [6, 6.07) is 0. The molecule has 0 saturated carbocycles. The molecule has 0 heterocycles. The van der Waals surface area contributed by atoms with Crippen LogP contribution in [0, 0.1) is 0 Å². The van der Waals surface area contributed by atoms with E-state index < -0.39 is 18.4 Å². The Morgan fingerprint density at radius 2 is 0.637 bits per heavy atom. The molecule has 9 nitrogen and oxygen atoms in total. The van der Waals surface area contributed by atoms with Crippen molar-refractivity contribution in [3.05, 3.63) is 12.2 Å². The van der Waals surface area contributed by atoms with Gasteiger partial charge in [-0.05, 0) is 38.5 Å². The summed E-state index contributed by atoms with van der Waals surface area (Å²) in [5, 5.41) is 9.71. The van der Waals surface area contributed by atoms with E-state index in [1.165, 1.54) is 302 Å². The van der Waals surface area contributed by atoms with Crippen LogP contribution < -0.4 is 0 Å². The molecule has 0 spiro atoms. The maximum atomic E-state index is 12.9. The number of carbonyl (C=O) groups is 3. The summed E-state index contributed by atoms with van der Waals surface area (Å²) in [6.07, 6.45) is 73.6. The average molecular weight is 1130 g/mol. The molecule has 0 saturated heterocycles. The number of rotatable bonds is 67. The molecule has 0 rings (SSSR count). The summed E-state index contributed by atoms with van der Waals surface area (Å²) < 4.78 is 22.9. The van der Waals surface area contributed by atoms with Crippen LogP contribution in [0.15, 0.2) is 12.2 Å². The van der Waals surface area contributed by atoms with Crippen molar-refractivity contribution in [2.24, 2.45) is 0 Å². The van der Waals surface area contributed by atoms with Gasteiger partial charge in [0.1, 0.15) is 13.2 Å². The van der Waals surface area contributed by atoms with Crippen LogP contribution in [0.2, 0.25) is 0 Å². The Morgan fingerprint density at radius 1 is 0.362 bits per heavy atom. The highest BCUT2D eigenvalue weighted by Gasteiger charge is 2.25. The molecule has 0 aliphatic rings. The van der Waals surface area contributed by atoms with E-state index in [0.717, 1.165) is 38.5 Å². The van der Waals surface area contributed by atoms with E-state index in [2.05, 4.69) is 26.0 Å². The third-order valence-corrected chi connectivity index (χ3v) is 16.3. The SMILES string of the molecule is CCCCCCCCCC/C=C\CCCCCCCCCCCCCCCCCCCCCCCCCCCCCCCC(=O)OC(COC(=O)CCCCCCCCCCCCCCCC)COC(OCC[N+](C)(C)C)C(=O)O. The molecule has 0 aromatic rings. The Bertz CT molecular complexity index is 1320. The second-order valence-corrected chi connectivity index (χ2v) is 25.6. The van der Waals surface area contributed by atoms with Gasteiger partial charge in [0.15, 0.2) is 6.10 Å². The molecule has 9 heteroatoms. The summed E-state index contributed by atoms with van der Waals surface area (Å²) >= 11 is 0. The van der Waals surface area contributed by atoms with Crippen LogP contribution in [0.25, 0.3) is 0 Å². The largest absolute Gasteiger partial charge is 0.477 e. The number of nitrogens with zero attached hydrogens (tertiary/aromatic N) is 1. The third-order valence-electron chi connectivity index (χ3n) is 16.3. The molecule has 1 N–H and O–H groups in total. The first kappa shape index (κ1) is 78.0. The molecule has 474 valence electrons. The van der Waals surface area contributed by atoms with Gasteiger partial charge in [-0.25, -0.2) is 4.79 Å². The zero-order chi connectivity index (χ0) is 58.3. The lowest BCUT2D eigenvalue weighted by Gasteiger charge is -2.25. The summed E-state index contributed by atoms with van der Waals surface area (Å²) in [7, 11) is 5.99. The van der Waals surface area contributed by atoms with E-state index in [1.807, 2.05) is 21.1 Å². The van der Waals surface area contributed by atoms with Crippen LogP contribution in [-0.2, 0) is 33.3 Å². The molecule has 0 aliphatic heterocycles. The fraction of sp³-hybridized carbons (Fsp3) is 0.930. The second kappa shape index (κ2) is 63.1. The minimum absolute atomic E-state index is 0.173. The number of likely N-dealkylation sites (N-methyl/N-ethyl adjacent to an activating group) is 1. The molecule has 0 aliphatic carbocycles. The zero-order valence-electron chi connectivity index (χ0n) is 54.3. The summed E-state index contributed by atoms with van der Waals surface area (Å²) in [5.74, 6) is -1.97. The number of quaternary nitrogens is 1. The normalized spacial score (nSPS) is 12.7. The van der Waals surface area contributed by atoms with Gasteiger partial charge in [-0.3, -0.25) is 9.59 Å². The van der Waals surface area contributed by atoms with Crippen LogP contribution in [-0.4, -0.2) is 87.4 Å². The average Bonchev–Trinajstić information content (AvgIpc) is 3.43. The van der Waals surface area contributed by atoms with Crippen molar-refractivity contribution in [1.29, 1.82) is 0 Å². The molecule has 2 atom stereocenters. The monoisotopic (exact) mass is 1130 g/mol. The van der Waals surface area contributed by atoms with E-state index in [0.29, 0.717) is 17.4 Å². The molecular formula is C71H138NO8+. The van der Waals surface area contributed by atoms with Crippen molar-refractivity contribution in [2.75, 3.05) is 47.5 Å². The van der Waals surface area contributed by atoms with Crippen molar-refractivity contribution >= 4 is 17.9 Å². The van der Waals surface area contributed by atoms with E-state index in [1.54, 1.807) is 0 Å². The minimum atomic E-state index is -1.50. The van der Waals surface area contributed by atoms with Gasteiger partial charge < -0.3 is 28.5 Å². The summed E-state index contributed by atoms with van der Waals surface area (Å²) in [6.45, 7) is 4.94. The lowest BCUT2D eigenvalue weighted by molar-refractivity contribution is -0.870. The van der Waals surface area contributed by atoms with Crippen molar-refractivity contribution in [3.8, 4) is 0 Å². The highest BCUT2D eigenvalue weighted by Crippen LogP contribution is 2.19. The maximum absolute atomic E-state index is 12.9. The van der Waals surface area contributed by atoms with Gasteiger partial charge in [0, 0.05) is 12.8 Å². The third kappa shape index (κ3) is 63.6. The number of aliphatic carboxylic acids is 1. The number of allylic oxidation sites excluding steroid dienone is 2. The number of carbonyl (C=O) groups excluding carboxylic acids is 2. The second-order valence-electron chi connectivity index (χ2n) is 25.6. The lowest BCUT2D eigenvalue weighted by atomic mass is 10.0. The van der Waals surface area contributed by atoms with Gasteiger partial charge in [-0.2, -0.15) is 0 Å². The van der Waals surface area contributed by atoms with E-state index in [9.17, 15) is 19.5 Å². The lowest BCUT2D eigenvalue weighted by Crippen LogP contribution is -2.40. The number of unbranched alkanes of at least 4 members (excludes halogenated alkanes) is 50. The smallest absolute Gasteiger partial charge is 0.361 e. The topological polar surface area (TPSA) is 108 Å². The molecule has 2 unspecified atom stereocenters. The first-order valence-corrected chi connectivity index (χ1v) is 35.4. The molecule has 0 aromatic heterocycles. The fourth-order valence-corrected chi connectivity index (χ4v) is 10.8. The van der Waals surface area contributed by atoms with Crippen molar-refractivity contribution < 1.29 is 42.9 Å². The van der Waals surface area contributed by atoms with Crippen LogP contribution >= 0.6 is 0 Å². The molecule has 0 bridgehead atoms. The zero-order valence-corrected chi connectivity index (χ0v) is 54.3. The summed E-state index contributed by atoms with van der Waals surface area (Å²) in [5.41, 5.74) is 0. The number of ether oxygens (including phenoxy) is 4. The predicted octanol–water partition coefficient (Wildman–Crippen LogP) is 21.6. The number of esters is 2. The Morgan fingerprint density at radius 3 is 0.925 bits per heavy atom. The number of hydrogen-bond donors (Lipinski definition) is 1. The predicted molar refractivity (Wildman–Crippen MR) is 341 cm³/mol. The van der Waals surface area contributed by atoms with Crippen LogP contribution in [0.1, 0.15) is 367 Å². The van der Waals surface area contributed by atoms with Gasteiger partial charge in [-0.1, -0.05) is 328 Å². The molecule has 0 radical (unpaired) electrons. The standard InChI is InChI=1S/C71H137NO8/c1-6-8-10-12-14-16-18-20-22-23-24-25-26-27-28-29-30-31-32-33-34-35-36-37-38-39-40-41-42-43-44-45-46-47-48-50-52-54-56-58-60-62-69(74)80-67(66-79-71(70(75)76)77-64-63-72(3,4)5)65-78-68(73)61-59-57-55-53-51-49-21-19-17-15-13-11-9-7-2/h23-24,67,71H,6-22,25-66H2,1-5H3/p+1/b24-23-. The van der Waals surface area contributed by atoms with Gasteiger partial charge in [0.2, 0.25) is 0 Å². The van der Waals surface area contributed by atoms with Crippen molar-refractivity contribution in [1.82, 2.24) is 0 Å². The van der Waals surface area contributed by atoms with Crippen LogP contribution in [0.5, 0.6) is 0 Å². The van der Waals surface area contributed by atoms with Gasteiger partial charge in [-0.15, -0.1) is 0 Å². The van der Waals surface area contributed by atoms with Gasteiger partial charge in [0.05, 0.1) is 34.4 Å². The molecular weight excluding hydrogens is 995 g/mol. The Labute approximate surface area is 497 Å². The first-order chi connectivity index (χ1) is 39.1. The minimum Gasteiger partial charge on any atom is -0.477 e. The fourth-order valence-electron chi connectivity index (χ4n) is 10.8. The van der Waals surface area contributed by atoms with Crippen LogP contribution in [0.3, 0.4) is 0 Å². The molecule has 0 fully saturated rings. The van der Waals surface area contributed by atoms with E-state index >= 15 is 0 Å². The van der Waals surface area contributed by atoms with Crippen LogP contribution in [0.4, 0.5) is 0 Å². The first-order valence-electron chi connectivity index (χ1n) is 35.4. The highest BCUT2D eigenvalue weighted by molar-refractivity contribution is 5.71. The van der Waals surface area contributed by atoms with Crippen molar-refractivity contribution in [3.63, 3.8) is 0 Å². The summed E-state index contributed by atoms with van der Waals surface area (Å²) in [4.78, 5) is 37.5. The van der Waals surface area contributed by atoms with Gasteiger partial charge in [0.25, 0.3) is 6.29 Å². The molecule has 80 heavy (non-hydrogen) atoms. The number of carboxylic acids is 1. The Balaban J connectivity index is 3.86. The number of hydrogen-bond acceptors (Lipinski definition) is 7. The quantitative estimate of drug-likeness (QED) is 0.0211. The molecule has 0 amide bonds. The maximum Gasteiger partial charge on any atom is 0.361 e. The Kier molecular flexibility index (Phi) is 61.5. The van der Waals surface area contributed by atoms with E-state index in [4.69, 9.17) is 18.9 Å². The number of carboxylic acid groups (broad SMARTS) is 1. The van der Waals surface area contributed by atoms with Crippen molar-refractivity contribution in [2.45, 2.75) is 379 Å². The highest BCUT2D eigenvalue weighted by atomic mass is 16.7. The molecule has 0 aromatic carbocycles. The van der Waals surface area contributed by atoms with Gasteiger partial charge >= 0.3 is 17.9 Å². The Hall–Kier alpha value is -1.97. The van der Waals surface area contributed by atoms with E-state index in [-0.39, 0.29) is 38.2 Å².